The number of benzene rings is 3. The van der Waals surface area contributed by atoms with E-state index in [1.807, 2.05) is 70.2 Å². The Balaban J connectivity index is 1.81. The Hall–Kier alpha value is -3.55. The zero-order valence-electron chi connectivity index (χ0n) is 25.4. The molecule has 0 aliphatic carbocycles. The molecule has 0 N–H and O–H groups in total. The SMILES string of the molecule is C=C(F)/C=C(\C=C/C(C)OC)COP(OCc1ccc(OC)c(F)c1)c1ccc(Oc2cc(C)cc(OC(C)C)c2)cc1. The molecule has 3 aromatic rings. The van der Waals surface area contributed by atoms with E-state index >= 15 is 0 Å². The van der Waals surface area contributed by atoms with Crippen LogP contribution in [0.25, 0.3) is 0 Å². The molecule has 0 saturated heterocycles. The predicted molar refractivity (Wildman–Crippen MR) is 168 cm³/mol. The number of rotatable bonds is 16. The molecule has 2 atom stereocenters. The van der Waals surface area contributed by atoms with Crippen LogP contribution in [0.1, 0.15) is 31.9 Å². The van der Waals surface area contributed by atoms with Crippen LogP contribution in [0.4, 0.5) is 8.78 Å². The van der Waals surface area contributed by atoms with Crippen molar-refractivity contribution in [2.24, 2.45) is 0 Å². The summed E-state index contributed by atoms with van der Waals surface area (Å²) in [6, 6.07) is 17.7. The van der Waals surface area contributed by atoms with Crippen molar-refractivity contribution < 1.29 is 36.8 Å². The van der Waals surface area contributed by atoms with Gasteiger partial charge in [0.25, 0.3) is 0 Å². The summed E-state index contributed by atoms with van der Waals surface area (Å²) >= 11 is 0. The van der Waals surface area contributed by atoms with Crippen molar-refractivity contribution in [3.63, 3.8) is 0 Å². The summed E-state index contributed by atoms with van der Waals surface area (Å²) in [5, 5.41) is 0.747. The highest BCUT2D eigenvalue weighted by Gasteiger charge is 2.17. The van der Waals surface area contributed by atoms with E-state index in [2.05, 4.69) is 6.58 Å². The molecule has 0 aliphatic heterocycles. The summed E-state index contributed by atoms with van der Waals surface area (Å²) in [6.45, 7) is 11.2. The molecular formula is C34H39F2O6P. The van der Waals surface area contributed by atoms with Gasteiger partial charge in [-0.25, -0.2) is 8.78 Å². The summed E-state index contributed by atoms with van der Waals surface area (Å²) in [5.74, 6) is 1.05. The maximum atomic E-state index is 14.3. The highest BCUT2D eigenvalue weighted by Crippen LogP contribution is 2.40. The van der Waals surface area contributed by atoms with E-state index in [0.717, 1.165) is 16.6 Å². The molecule has 0 amide bonds. The minimum atomic E-state index is -1.67. The van der Waals surface area contributed by atoms with Crippen LogP contribution in [-0.4, -0.2) is 33.0 Å². The highest BCUT2D eigenvalue weighted by atomic mass is 31.2. The van der Waals surface area contributed by atoms with E-state index in [4.69, 9.17) is 28.0 Å². The van der Waals surface area contributed by atoms with Crippen molar-refractivity contribution in [1.29, 1.82) is 0 Å². The zero-order valence-corrected chi connectivity index (χ0v) is 26.3. The van der Waals surface area contributed by atoms with E-state index in [1.165, 1.54) is 19.3 Å². The van der Waals surface area contributed by atoms with Gasteiger partial charge < -0.3 is 28.0 Å². The molecule has 3 aromatic carbocycles. The van der Waals surface area contributed by atoms with Crippen LogP contribution in [0.15, 0.2) is 96.9 Å². The molecule has 2 unspecified atom stereocenters. The molecule has 0 saturated carbocycles. The summed E-state index contributed by atoms with van der Waals surface area (Å²) in [5.41, 5.74) is 2.16. The molecule has 0 aromatic heterocycles. The van der Waals surface area contributed by atoms with Crippen LogP contribution >= 0.6 is 8.38 Å². The van der Waals surface area contributed by atoms with Gasteiger partial charge in [0.05, 0.1) is 32.5 Å². The molecule has 0 aliphatic rings. The standard InChI is InChI=1S/C34H39F2O6P/c1-23(2)41-30-16-24(3)17-31(20-30)42-29-11-13-32(14-12-29)43(40-22-28-10-15-34(38-7)33(36)19-28)39-21-27(18-25(4)35)9-8-26(5)37-6/h8-20,23,26H,4,21-22H2,1-3,5-7H3/b9-8-,27-18+. The average molecular weight is 613 g/mol. The topological polar surface area (TPSA) is 55.4 Å². The molecule has 0 bridgehead atoms. The number of halogens is 2. The summed E-state index contributed by atoms with van der Waals surface area (Å²) in [6.07, 6.45) is 4.67. The van der Waals surface area contributed by atoms with Crippen LogP contribution in [0, 0.1) is 12.7 Å². The van der Waals surface area contributed by atoms with Gasteiger partial charge in [0.15, 0.2) is 11.6 Å². The van der Waals surface area contributed by atoms with Crippen molar-refractivity contribution in [2.75, 3.05) is 20.8 Å². The number of aryl methyl sites for hydroxylation is 1. The third-order valence-corrected chi connectivity index (χ3v) is 7.33. The Labute approximate surface area is 254 Å². The van der Waals surface area contributed by atoms with Gasteiger partial charge in [-0.1, -0.05) is 24.8 Å². The minimum absolute atomic E-state index is 0.0404. The van der Waals surface area contributed by atoms with Gasteiger partial charge in [-0.15, -0.1) is 0 Å². The van der Waals surface area contributed by atoms with Crippen molar-refractivity contribution >= 4 is 13.7 Å². The second-order valence-corrected chi connectivity index (χ2v) is 11.5. The lowest BCUT2D eigenvalue weighted by molar-refractivity contribution is 0.156. The van der Waals surface area contributed by atoms with E-state index < -0.39 is 20.0 Å². The minimum Gasteiger partial charge on any atom is -0.494 e. The third-order valence-electron chi connectivity index (χ3n) is 5.89. The Morgan fingerprint density at radius 1 is 0.930 bits per heavy atom. The fourth-order valence-corrected chi connectivity index (χ4v) is 5.11. The molecule has 0 spiro atoms. The largest absolute Gasteiger partial charge is 0.494 e. The maximum Gasteiger partial charge on any atom is 0.205 e. The van der Waals surface area contributed by atoms with Gasteiger partial charge in [0.2, 0.25) is 8.38 Å². The lowest BCUT2D eigenvalue weighted by Gasteiger charge is -2.19. The van der Waals surface area contributed by atoms with Crippen molar-refractivity contribution in [3.05, 3.63) is 114 Å². The van der Waals surface area contributed by atoms with E-state index in [1.54, 1.807) is 31.4 Å². The van der Waals surface area contributed by atoms with E-state index in [-0.39, 0.29) is 31.2 Å². The number of allylic oxidation sites excluding steroid dienone is 2. The number of ether oxygens (including phenoxy) is 4. The lowest BCUT2D eigenvalue weighted by atomic mass is 10.2. The quantitative estimate of drug-likeness (QED) is 0.119. The number of hydrogen-bond donors (Lipinski definition) is 0. The molecule has 0 radical (unpaired) electrons. The smallest absolute Gasteiger partial charge is 0.205 e. The maximum absolute atomic E-state index is 14.3. The van der Waals surface area contributed by atoms with E-state index in [9.17, 15) is 8.78 Å². The Morgan fingerprint density at radius 2 is 1.65 bits per heavy atom. The molecule has 6 nitrogen and oxygen atoms in total. The first-order valence-electron chi connectivity index (χ1n) is 13.8. The van der Waals surface area contributed by atoms with Crippen molar-refractivity contribution in [3.8, 4) is 23.0 Å². The third kappa shape index (κ3) is 11.6. The normalized spacial score (nSPS) is 13.3. The fraction of sp³-hybridized carbons (Fsp3) is 0.294. The number of hydrogen-bond acceptors (Lipinski definition) is 6. The highest BCUT2D eigenvalue weighted by molar-refractivity contribution is 7.55. The van der Waals surface area contributed by atoms with Gasteiger partial charge in [-0.05, 0) is 99.0 Å². The zero-order chi connectivity index (χ0) is 31.4. The molecule has 230 valence electrons. The van der Waals surface area contributed by atoms with Crippen molar-refractivity contribution in [2.45, 2.75) is 46.5 Å². The van der Waals surface area contributed by atoms with E-state index in [0.29, 0.717) is 22.6 Å². The first-order valence-corrected chi connectivity index (χ1v) is 14.9. The van der Waals surface area contributed by atoms with Gasteiger partial charge in [-0.2, -0.15) is 0 Å². The molecule has 0 heterocycles. The second kappa shape index (κ2) is 16.9. The van der Waals surface area contributed by atoms with Crippen LogP contribution in [0.2, 0.25) is 0 Å². The first kappa shape index (κ1) is 33.9. The van der Waals surface area contributed by atoms with Gasteiger partial charge in [0, 0.05) is 18.5 Å². The monoisotopic (exact) mass is 612 g/mol. The summed E-state index contributed by atoms with van der Waals surface area (Å²) < 4.78 is 62.5. The van der Waals surface area contributed by atoms with Crippen molar-refractivity contribution in [1.82, 2.24) is 0 Å². The molecule has 43 heavy (non-hydrogen) atoms. The van der Waals surface area contributed by atoms with Crippen LogP contribution in [0.3, 0.4) is 0 Å². The Morgan fingerprint density at radius 3 is 2.28 bits per heavy atom. The molecule has 3 rings (SSSR count). The first-order chi connectivity index (χ1) is 20.6. The summed E-state index contributed by atoms with van der Waals surface area (Å²) in [7, 11) is 1.33. The Bertz CT molecular complexity index is 1400. The average Bonchev–Trinajstić information content (AvgIpc) is 2.95. The van der Waals surface area contributed by atoms with Crippen LogP contribution in [0.5, 0.6) is 23.0 Å². The molecule has 0 fully saturated rings. The fourth-order valence-electron chi connectivity index (χ4n) is 3.81. The second-order valence-electron chi connectivity index (χ2n) is 9.98. The lowest BCUT2D eigenvalue weighted by Crippen LogP contribution is -2.08. The van der Waals surface area contributed by atoms with Gasteiger partial charge in [0.1, 0.15) is 23.1 Å². The van der Waals surface area contributed by atoms with Gasteiger partial charge in [-0.3, -0.25) is 0 Å². The van der Waals surface area contributed by atoms with Crippen LogP contribution in [-0.2, 0) is 20.4 Å². The Kier molecular flexibility index (Phi) is 13.4. The summed E-state index contributed by atoms with van der Waals surface area (Å²) in [4.78, 5) is 0. The van der Waals surface area contributed by atoms with Crippen LogP contribution < -0.4 is 19.5 Å². The number of methoxy groups -OCH3 is 2. The van der Waals surface area contributed by atoms with Gasteiger partial charge >= 0.3 is 0 Å². The molecular weight excluding hydrogens is 573 g/mol. The predicted octanol–water partition coefficient (Wildman–Crippen LogP) is 8.89. The molecule has 9 heteroatoms.